The highest BCUT2D eigenvalue weighted by Crippen LogP contribution is 2.20. The van der Waals surface area contributed by atoms with E-state index in [-0.39, 0.29) is 18.0 Å². The van der Waals surface area contributed by atoms with Crippen molar-refractivity contribution < 1.29 is 14.3 Å². The molecule has 0 radical (unpaired) electrons. The Kier molecular flexibility index (Phi) is 10.4. The van der Waals surface area contributed by atoms with Crippen LogP contribution in [0, 0.1) is 0 Å². The minimum absolute atomic E-state index is 0.186. The second-order valence-corrected chi connectivity index (χ2v) is 7.96. The number of carbonyl (C=O) groups excluding carboxylic acids is 2. The third kappa shape index (κ3) is 8.55. The molecule has 0 fully saturated rings. The topological polar surface area (TPSA) is 70.7 Å². The van der Waals surface area contributed by atoms with E-state index in [2.05, 4.69) is 50.5 Å². The van der Waals surface area contributed by atoms with E-state index in [1.807, 2.05) is 42.5 Å². The highest BCUT2D eigenvalue weighted by molar-refractivity contribution is 9.10. The van der Waals surface area contributed by atoms with E-state index in [1.165, 1.54) is 12.7 Å². The number of benzene rings is 2. The van der Waals surface area contributed by atoms with E-state index in [9.17, 15) is 9.59 Å². The Balaban J connectivity index is 1.81. The molecule has 0 saturated heterocycles. The van der Waals surface area contributed by atoms with Gasteiger partial charge >= 0.3 is 12.0 Å². The molecular formula is C23H30BrN3O3. The van der Waals surface area contributed by atoms with Crippen LogP contribution < -0.4 is 10.6 Å². The van der Waals surface area contributed by atoms with Gasteiger partial charge in [-0.05, 0) is 56.1 Å². The fourth-order valence-corrected chi connectivity index (χ4v) is 3.43. The molecule has 2 rings (SSSR count). The Morgan fingerprint density at radius 3 is 2.37 bits per heavy atom. The molecule has 0 aliphatic carbocycles. The minimum Gasteiger partial charge on any atom is -0.469 e. The summed E-state index contributed by atoms with van der Waals surface area (Å²) in [6, 6.07) is 17.8. The van der Waals surface area contributed by atoms with E-state index in [0.717, 1.165) is 36.1 Å². The van der Waals surface area contributed by atoms with Crippen molar-refractivity contribution in [1.82, 2.24) is 10.2 Å². The highest BCUT2D eigenvalue weighted by atomic mass is 79.9. The standard InChI is InChI=1S/C23H30BrN3O3/c1-18(19-8-4-3-5-9-19)27(16-6-10-22(28)30-2)17-7-15-25-23(29)26-21-13-11-20(24)12-14-21/h3-5,8-9,11-14,18H,6-7,10,15-17H2,1-2H3,(H2,25,26,29)/t18-/m1/s1. The van der Waals surface area contributed by atoms with Gasteiger partial charge in [0.15, 0.2) is 0 Å². The smallest absolute Gasteiger partial charge is 0.319 e. The Labute approximate surface area is 187 Å². The number of ether oxygens (including phenoxy) is 1. The number of halogens is 1. The van der Waals surface area contributed by atoms with Gasteiger partial charge in [0.2, 0.25) is 0 Å². The lowest BCUT2D eigenvalue weighted by Gasteiger charge is -2.29. The summed E-state index contributed by atoms with van der Waals surface area (Å²) in [5, 5.41) is 5.72. The van der Waals surface area contributed by atoms with Crippen molar-refractivity contribution in [2.75, 3.05) is 32.1 Å². The number of amides is 2. The molecule has 0 saturated carbocycles. The number of hydrogen-bond donors (Lipinski definition) is 2. The average molecular weight is 476 g/mol. The molecule has 162 valence electrons. The number of rotatable bonds is 11. The average Bonchev–Trinajstić information content (AvgIpc) is 2.77. The molecule has 2 N–H and O–H groups in total. The van der Waals surface area contributed by atoms with Crippen molar-refractivity contribution in [2.24, 2.45) is 0 Å². The summed E-state index contributed by atoms with van der Waals surface area (Å²) >= 11 is 3.38. The molecule has 0 aromatic heterocycles. The zero-order chi connectivity index (χ0) is 21.8. The van der Waals surface area contributed by atoms with Gasteiger partial charge < -0.3 is 15.4 Å². The summed E-state index contributed by atoms with van der Waals surface area (Å²) in [7, 11) is 1.41. The molecule has 2 aromatic carbocycles. The van der Waals surface area contributed by atoms with Crippen molar-refractivity contribution in [3.8, 4) is 0 Å². The van der Waals surface area contributed by atoms with Crippen molar-refractivity contribution in [2.45, 2.75) is 32.2 Å². The quantitative estimate of drug-likeness (QED) is 0.355. The van der Waals surface area contributed by atoms with Gasteiger partial charge in [0.1, 0.15) is 0 Å². The maximum Gasteiger partial charge on any atom is 0.319 e. The van der Waals surface area contributed by atoms with Gasteiger partial charge in [-0.1, -0.05) is 46.3 Å². The van der Waals surface area contributed by atoms with Crippen LogP contribution in [-0.4, -0.2) is 43.6 Å². The van der Waals surface area contributed by atoms with Crippen LogP contribution in [0.1, 0.15) is 37.8 Å². The van der Waals surface area contributed by atoms with Gasteiger partial charge in [0.25, 0.3) is 0 Å². The molecule has 0 unspecified atom stereocenters. The van der Waals surface area contributed by atoms with E-state index in [0.29, 0.717) is 13.0 Å². The second-order valence-electron chi connectivity index (χ2n) is 7.04. The molecule has 0 aliphatic rings. The molecular weight excluding hydrogens is 446 g/mol. The fourth-order valence-electron chi connectivity index (χ4n) is 3.16. The van der Waals surface area contributed by atoms with Gasteiger partial charge in [0, 0.05) is 35.7 Å². The van der Waals surface area contributed by atoms with Crippen LogP contribution in [0.2, 0.25) is 0 Å². The number of methoxy groups -OCH3 is 1. The van der Waals surface area contributed by atoms with Crippen LogP contribution >= 0.6 is 15.9 Å². The largest absolute Gasteiger partial charge is 0.469 e. The van der Waals surface area contributed by atoms with E-state index >= 15 is 0 Å². The summed E-state index contributed by atoms with van der Waals surface area (Å²) in [6.45, 7) is 4.34. The Morgan fingerprint density at radius 2 is 1.70 bits per heavy atom. The Bertz CT molecular complexity index is 784. The molecule has 2 amide bonds. The van der Waals surface area contributed by atoms with Crippen molar-refractivity contribution in [1.29, 1.82) is 0 Å². The summed E-state index contributed by atoms with van der Waals surface area (Å²) in [5.41, 5.74) is 1.98. The first kappa shape index (κ1) is 23.9. The molecule has 7 heteroatoms. The number of esters is 1. The molecule has 0 heterocycles. The molecule has 2 aromatic rings. The Morgan fingerprint density at radius 1 is 1.03 bits per heavy atom. The van der Waals surface area contributed by atoms with Crippen LogP contribution in [0.3, 0.4) is 0 Å². The third-order valence-electron chi connectivity index (χ3n) is 4.89. The first-order valence-corrected chi connectivity index (χ1v) is 10.9. The van der Waals surface area contributed by atoms with Crippen LogP contribution in [0.5, 0.6) is 0 Å². The Hall–Kier alpha value is -2.38. The molecule has 1 atom stereocenters. The highest BCUT2D eigenvalue weighted by Gasteiger charge is 2.16. The van der Waals surface area contributed by atoms with Crippen LogP contribution in [0.25, 0.3) is 0 Å². The minimum atomic E-state index is -0.217. The van der Waals surface area contributed by atoms with Gasteiger partial charge in [0.05, 0.1) is 7.11 Å². The number of nitrogens with zero attached hydrogens (tertiary/aromatic N) is 1. The molecule has 0 spiro atoms. The normalized spacial score (nSPS) is 11.7. The summed E-state index contributed by atoms with van der Waals surface area (Å²) in [4.78, 5) is 25.9. The summed E-state index contributed by atoms with van der Waals surface area (Å²) < 4.78 is 5.71. The lowest BCUT2D eigenvalue weighted by atomic mass is 10.1. The summed E-state index contributed by atoms with van der Waals surface area (Å²) in [5.74, 6) is -0.186. The van der Waals surface area contributed by atoms with E-state index < -0.39 is 0 Å². The predicted molar refractivity (Wildman–Crippen MR) is 123 cm³/mol. The number of urea groups is 1. The monoisotopic (exact) mass is 475 g/mol. The van der Waals surface area contributed by atoms with E-state index in [4.69, 9.17) is 4.74 Å². The van der Waals surface area contributed by atoms with Gasteiger partial charge in [-0.25, -0.2) is 4.79 Å². The lowest BCUT2D eigenvalue weighted by Crippen LogP contribution is -2.34. The van der Waals surface area contributed by atoms with Crippen LogP contribution in [0.4, 0.5) is 10.5 Å². The number of anilines is 1. The predicted octanol–water partition coefficient (Wildman–Crippen LogP) is 4.98. The molecule has 0 bridgehead atoms. The van der Waals surface area contributed by atoms with Crippen LogP contribution in [0.15, 0.2) is 59.1 Å². The van der Waals surface area contributed by atoms with Crippen molar-refractivity contribution in [3.63, 3.8) is 0 Å². The first-order valence-electron chi connectivity index (χ1n) is 10.2. The SMILES string of the molecule is COC(=O)CCCN(CCCNC(=O)Nc1ccc(Br)cc1)[C@H](C)c1ccccc1. The van der Waals surface area contributed by atoms with Crippen LogP contribution in [-0.2, 0) is 9.53 Å². The molecule has 0 aliphatic heterocycles. The van der Waals surface area contributed by atoms with Crippen molar-refractivity contribution in [3.05, 3.63) is 64.6 Å². The zero-order valence-electron chi connectivity index (χ0n) is 17.6. The molecule has 30 heavy (non-hydrogen) atoms. The number of nitrogens with one attached hydrogen (secondary N) is 2. The van der Waals surface area contributed by atoms with Crippen molar-refractivity contribution >= 4 is 33.6 Å². The van der Waals surface area contributed by atoms with Gasteiger partial charge in [-0.15, -0.1) is 0 Å². The second kappa shape index (κ2) is 13.0. The zero-order valence-corrected chi connectivity index (χ0v) is 19.2. The third-order valence-corrected chi connectivity index (χ3v) is 5.42. The lowest BCUT2D eigenvalue weighted by molar-refractivity contribution is -0.140. The fraction of sp³-hybridized carbons (Fsp3) is 0.391. The van der Waals surface area contributed by atoms with Gasteiger partial charge in [-0.3, -0.25) is 9.69 Å². The summed E-state index contributed by atoms with van der Waals surface area (Å²) in [6.07, 6.45) is 1.95. The van der Waals surface area contributed by atoms with Gasteiger partial charge in [-0.2, -0.15) is 0 Å². The molecule has 6 nitrogen and oxygen atoms in total. The first-order chi connectivity index (χ1) is 14.5. The maximum atomic E-state index is 12.1. The number of carbonyl (C=O) groups is 2. The maximum absolute atomic E-state index is 12.1. The van der Waals surface area contributed by atoms with E-state index in [1.54, 1.807) is 0 Å². The number of hydrogen-bond acceptors (Lipinski definition) is 4.